The van der Waals surface area contributed by atoms with Crippen molar-refractivity contribution in [3.63, 3.8) is 0 Å². The maximum Gasteiger partial charge on any atom is 0.191 e. The number of aromatic nitrogens is 3. The number of aryl methyl sites for hydroxylation is 1. The van der Waals surface area contributed by atoms with E-state index in [1.807, 2.05) is 10.7 Å². The Kier molecular flexibility index (Phi) is 6.33. The Morgan fingerprint density at radius 1 is 1.41 bits per heavy atom. The van der Waals surface area contributed by atoms with Crippen LogP contribution in [0.3, 0.4) is 0 Å². The lowest BCUT2D eigenvalue weighted by Crippen LogP contribution is -2.47. The molecular formula is C19H26FIN6. The minimum atomic E-state index is -0.173. The molecule has 1 atom stereocenters. The van der Waals surface area contributed by atoms with Gasteiger partial charge >= 0.3 is 0 Å². The molecule has 0 saturated heterocycles. The first-order valence-electron chi connectivity index (χ1n) is 9.36. The van der Waals surface area contributed by atoms with Gasteiger partial charge in [-0.3, -0.25) is 4.99 Å². The van der Waals surface area contributed by atoms with Gasteiger partial charge in [-0.1, -0.05) is 12.1 Å². The van der Waals surface area contributed by atoms with Crippen molar-refractivity contribution in [1.29, 1.82) is 0 Å². The van der Waals surface area contributed by atoms with E-state index in [0.717, 1.165) is 56.1 Å². The van der Waals surface area contributed by atoms with Crippen molar-refractivity contribution in [1.82, 2.24) is 25.4 Å². The van der Waals surface area contributed by atoms with Crippen molar-refractivity contribution in [2.24, 2.45) is 4.99 Å². The van der Waals surface area contributed by atoms with Crippen LogP contribution >= 0.6 is 24.0 Å². The number of aliphatic imine (C=N–C) groups is 1. The van der Waals surface area contributed by atoms with E-state index in [2.05, 4.69) is 27.6 Å². The van der Waals surface area contributed by atoms with Gasteiger partial charge in [0.2, 0.25) is 0 Å². The van der Waals surface area contributed by atoms with Crippen LogP contribution in [-0.2, 0) is 18.4 Å². The molecule has 4 rings (SSSR count). The Bertz CT molecular complexity index is 801. The third-order valence-corrected chi connectivity index (χ3v) is 5.32. The zero-order valence-corrected chi connectivity index (χ0v) is 17.8. The summed E-state index contributed by atoms with van der Waals surface area (Å²) in [6, 6.07) is 7.23. The maximum absolute atomic E-state index is 13.6. The van der Waals surface area contributed by atoms with E-state index >= 15 is 0 Å². The lowest BCUT2D eigenvalue weighted by molar-refractivity contribution is 0.392. The molecule has 1 aromatic carbocycles. The monoisotopic (exact) mass is 484 g/mol. The highest BCUT2D eigenvalue weighted by molar-refractivity contribution is 14.0. The van der Waals surface area contributed by atoms with E-state index in [4.69, 9.17) is 4.99 Å². The normalized spacial score (nSPS) is 20.4. The molecule has 27 heavy (non-hydrogen) atoms. The number of halogens is 2. The zero-order chi connectivity index (χ0) is 18.0. The van der Waals surface area contributed by atoms with E-state index in [0.29, 0.717) is 6.54 Å². The van der Waals surface area contributed by atoms with Crippen LogP contribution in [0.2, 0.25) is 0 Å². The first-order chi connectivity index (χ1) is 12.7. The molecule has 2 N–H and O–H groups in total. The highest BCUT2D eigenvalue weighted by atomic mass is 127. The van der Waals surface area contributed by atoms with Crippen LogP contribution in [0.5, 0.6) is 0 Å². The number of guanidine groups is 1. The zero-order valence-electron chi connectivity index (χ0n) is 15.5. The van der Waals surface area contributed by atoms with Crippen molar-refractivity contribution in [3.8, 4) is 0 Å². The van der Waals surface area contributed by atoms with Crippen LogP contribution in [0, 0.1) is 5.82 Å². The molecular weight excluding hydrogens is 458 g/mol. The lowest BCUT2D eigenvalue weighted by atomic mass is 9.96. The van der Waals surface area contributed by atoms with Gasteiger partial charge < -0.3 is 10.6 Å². The standard InChI is InChI=1S/C19H25FN6.HI/c1-2-21-18(25-16-6-7-17-23-13-24-26(17)11-16)22-12-19(8-9-19)14-4-3-5-15(20)10-14;/h3-5,10,13,16H,2,6-9,11-12H2,1H3,(H2,21,22,25);1H. The van der Waals surface area contributed by atoms with Gasteiger partial charge in [-0.25, -0.2) is 14.1 Å². The number of hydrogen-bond acceptors (Lipinski definition) is 3. The second kappa shape index (κ2) is 8.53. The van der Waals surface area contributed by atoms with Gasteiger partial charge in [-0.2, -0.15) is 5.10 Å². The Balaban J connectivity index is 0.00000210. The van der Waals surface area contributed by atoms with E-state index in [1.165, 1.54) is 6.07 Å². The molecule has 1 unspecified atom stereocenters. The fourth-order valence-corrected chi connectivity index (χ4v) is 3.61. The summed E-state index contributed by atoms with van der Waals surface area (Å²) in [5.74, 6) is 1.70. The molecule has 1 saturated carbocycles. The van der Waals surface area contributed by atoms with Crippen LogP contribution in [-0.4, -0.2) is 39.9 Å². The van der Waals surface area contributed by atoms with Gasteiger partial charge in [0.25, 0.3) is 0 Å². The average Bonchev–Trinajstić information content (AvgIpc) is 3.29. The summed E-state index contributed by atoms with van der Waals surface area (Å²) in [5.41, 5.74) is 1.05. The van der Waals surface area contributed by atoms with E-state index in [-0.39, 0.29) is 41.3 Å². The SMILES string of the molecule is CCNC(=NCC1(c2cccc(F)c2)CC1)NC1CCc2ncnn2C1.I. The van der Waals surface area contributed by atoms with Gasteiger partial charge in [-0.15, -0.1) is 24.0 Å². The van der Waals surface area contributed by atoms with Crippen molar-refractivity contribution in [2.45, 2.75) is 50.6 Å². The number of hydrogen-bond donors (Lipinski definition) is 2. The Morgan fingerprint density at radius 3 is 3.00 bits per heavy atom. The molecule has 146 valence electrons. The molecule has 0 amide bonds. The molecule has 2 aliphatic rings. The minimum absolute atomic E-state index is 0. The van der Waals surface area contributed by atoms with E-state index in [1.54, 1.807) is 18.5 Å². The largest absolute Gasteiger partial charge is 0.357 e. The molecule has 1 aliphatic carbocycles. The van der Waals surface area contributed by atoms with Crippen LogP contribution in [0.25, 0.3) is 0 Å². The molecule has 0 radical (unpaired) electrons. The Hall–Kier alpha value is -1.71. The first-order valence-corrected chi connectivity index (χ1v) is 9.36. The first kappa shape index (κ1) is 20.0. The summed E-state index contributed by atoms with van der Waals surface area (Å²) in [7, 11) is 0. The Morgan fingerprint density at radius 2 is 2.26 bits per heavy atom. The fraction of sp³-hybridized carbons (Fsp3) is 0.526. The number of fused-ring (bicyclic) bond motifs is 1. The summed E-state index contributed by atoms with van der Waals surface area (Å²) in [6.07, 6.45) is 5.67. The predicted octanol–water partition coefficient (Wildman–Crippen LogP) is 2.64. The highest BCUT2D eigenvalue weighted by Gasteiger charge is 2.44. The number of benzene rings is 1. The van der Waals surface area contributed by atoms with Crippen LogP contribution in [0.15, 0.2) is 35.6 Å². The summed E-state index contributed by atoms with van der Waals surface area (Å²) >= 11 is 0. The quantitative estimate of drug-likeness (QED) is 0.389. The highest BCUT2D eigenvalue weighted by Crippen LogP contribution is 2.48. The van der Waals surface area contributed by atoms with Gasteiger partial charge in [0.15, 0.2) is 5.96 Å². The summed E-state index contributed by atoms with van der Waals surface area (Å²) in [5, 5.41) is 11.1. The van der Waals surface area contributed by atoms with Crippen LogP contribution < -0.4 is 10.6 Å². The molecule has 2 aromatic rings. The third kappa shape index (κ3) is 4.59. The Labute approximate surface area is 176 Å². The van der Waals surface area contributed by atoms with Gasteiger partial charge in [-0.05, 0) is 43.9 Å². The second-order valence-corrected chi connectivity index (χ2v) is 7.22. The number of nitrogens with zero attached hydrogens (tertiary/aromatic N) is 4. The summed E-state index contributed by atoms with van der Waals surface area (Å²) in [4.78, 5) is 9.09. The molecule has 1 aliphatic heterocycles. The molecule has 0 spiro atoms. The number of nitrogens with one attached hydrogen (secondary N) is 2. The summed E-state index contributed by atoms with van der Waals surface area (Å²) in [6.45, 7) is 4.34. The third-order valence-electron chi connectivity index (χ3n) is 5.32. The predicted molar refractivity (Wildman–Crippen MR) is 114 cm³/mol. The summed E-state index contributed by atoms with van der Waals surface area (Å²) < 4.78 is 15.5. The van der Waals surface area contributed by atoms with E-state index in [9.17, 15) is 4.39 Å². The van der Waals surface area contributed by atoms with Gasteiger partial charge in [0.05, 0.1) is 13.1 Å². The number of rotatable bonds is 5. The molecule has 8 heteroatoms. The van der Waals surface area contributed by atoms with Crippen LogP contribution in [0.4, 0.5) is 4.39 Å². The topological polar surface area (TPSA) is 67.1 Å². The van der Waals surface area contributed by atoms with Gasteiger partial charge in [0.1, 0.15) is 18.0 Å². The fourth-order valence-electron chi connectivity index (χ4n) is 3.61. The van der Waals surface area contributed by atoms with Crippen molar-refractivity contribution in [3.05, 3.63) is 47.8 Å². The van der Waals surface area contributed by atoms with E-state index < -0.39 is 0 Å². The second-order valence-electron chi connectivity index (χ2n) is 7.22. The average molecular weight is 484 g/mol. The minimum Gasteiger partial charge on any atom is -0.357 e. The molecule has 2 heterocycles. The van der Waals surface area contributed by atoms with Crippen LogP contribution in [0.1, 0.15) is 37.6 Å². The molecule has 1 aromatic heterocycles. The van der Waals surface area contributed by atoms with Crippen molar-refractivity contribution in [2.75, 3.05) is 13.1 Å². The smallest absolute Gasteiger partial charge is 0.191 e. The molecule has 1 fully saturated rings. The van der Waals surface area contributed by atoms with Crippen molar-refractivity contribution >= 4 is 29.9 Å². The molecule has 6 nitrogen and oxygen atoms in total. The molecule has 0 bridgehead atoms. The van der Waals surface area contributed by atoms with Crippen molar-refractivity contribution < 1.29 is 4.39 Å². The maximum atomic E-state index is 13.6. The lowest BCUT2D eigenvalue weighted by Gasteiger charge is -2.25. The van der Waals surface area contributed by atoms with Gasteiger partial charge in [0, 0.05) is 24.4 Å².